The van der Waals surface area contributed by atoms with Gasteiger partial charge in [0, 0.05) is 13.1 Å². The first kappa shape index (κ1) is 14.9. The van der Waals surface area contributed by atoms with Crippen molar-refractivity contribution in [3.8, 4) is 0 Å². The van der Waals surface area contributed by atoms with Gasteiger partial charge in [-0.3, -0.25) is 9.69 Å². The first-order valence-corrected chi connectivity index (χ1v) is 7.05. The maximum atomic E-state index is 12.8. The van der Waals surface area contributed by atoms with Crippen molar-refractivity contribution in [3.63, 3.8) is 0 Å². The van der Waals surface area contributed by atoms with Gasteiger partial charge < -0.3 is 10.6 Å². The van der Waals surface area contributed by atoms with Gasteiger partial charge in [-0.15, -0.1) is 0 Å². The minimum Gasteiger partial charge on any atom is -0.351 e. The highest BCUT2D eigenvalue weighted by Crippen LogP contribution is 2.14. The van der Waals surface area contributed by atoms with Crippen LogP contribution in [-0.4, -0.2) is 44.0 Å². The van der Waals surface area contributed by atoms with Gasteiger partial charge in [0.05, 0.1) is 6.54 Å². The van der Waals surface area contributed by atoms with Gasteiger partial charge in [0.15, 0.2) is 0 Å². The summed E-state index contributed by atoms with van der Waals surface area (Å²) in [6.45, 7) is 3.86. The lowest BCUT2D eigenvalue weighted by Gasteiger charge is -2.15. The molecule has 0 aliphatic carbocycles. The van der Waals surface area contributed by atoms with Crippen molar-refractivity contribution in [1.29, 1.82) is 0 Å². The molecule has 0 radical (unpaired) electrons. The zero-order chi connectivity index (χ0) is 14.4. The second-order valence-electron chi connectivity index (χ2n) is 5.35. The number of likely N-dealkylation sites (tertiary alicyclic amines) is 1. The lowest BCUT2D eigenvalue weighted by Crippen LogP contribution is -2.36. The number of carbonyl (C=O) groups excluding carboxylic acids is 1. The van der Waals surface area contributed by atoms with Gasteiger partial charge in [-0.25, -0.2) is 4.39 Å². The van der Waals surface area contributed by atoms with E-state index in [-0.39, 0.29) is 11.7 Å². The fraction of sp³-hybridized carbons (Fsp3) is 0.533. The molecule has 2 rings (SSSR count). The Morgan fingerprint density at radius 3 is 2.85 bits per heavy atom. The Labute approximate surface area is 119 Å². The number of carbonyl (C=O) groups is 1. The van der Waals surface area contributed by atoms with Crippen LogP contribution in [0.2, 0.25) is 0 Å². The average molecular weight is 279 g/mol. The van der Waals surface area contributed by atoms with Gasteiger partial charge in [-0.2, -0.15) is 0 Å². The molecule has 2 N–H and O–H groups in total. The smallest absolute Gasteiger partial charge is 0.234 e. The van der Waals surface area contributed by atoms with Crippen LogP contribution in [0.3, 0.4) is 0 Å². The summed E-state index contributed by atoms with van der Waals surface area (Å²) < 4.78 is 12.8. The Bertz CT molecular complexity index is 435. The molecule has 110 valence electrons. The highest BCUT2D eigenvalue weighted by Gasteiger charge is 2.23. The molecular weight excluding hydrogens is 257 g/mol. The SMILES string of the molecule is CNCC1CCN(CC(=O)NCc2ccc(F)cc2)C1. The highest BCUT2D eigenvalue weighted by molar-refractivity contribution is 5.78. The quantitative estimate of drug-likeness (QED) is 0.816. The van der Waals surface area contributed by atoms with Crippen LogP contribution in [0.5, 0.6) is 0 Å². The molecule has 0 bridgehead atoms. The highest BCUT2D eigenvalue weighted by atomic mass is 19.1. The maximum absolute atomic E-state index is 12.8. The average Bonchev–Trinajstić information content (AvgIpc) is 2.86. The van der Waals surface area contributed by atoms with Crippen LogP contribution in [0.25, 0.3) is 0 Å². The number of amides is 1. The van der Waals surface area contributed by atoms with Gasteiger partial charge in [0.1, 0.15) is 5.82 Å². The van der Waals surface area contributed by atoms with Crippen molar-refractivity contribution in [2.75, 3.05) is 33.2 Å². The second kappa shape index (κ2) is 7.36. The zero-order valence-electron chi connectivity index (χ0n) is 11.9. The van der Waals surface area contributed by atoms with E-state index in [1.807, 2.05) is 7.05 Å². The molecule has 0 saturated carbocycles. The van der Waals surface area contributed by atoms with Crippen LogP contribution < -0.4 is 10.6 Å². The summed E-state index contributed by atoms with van der Waals surface area (Å²) in [7, 11) is 1.96. The molecule has 0 aromatic heterocycles. The van der Waals surface area contributed by atoms with Crippen LogP contribution in [0, 0.1) is 11.7 Å². The third kappa shape index (κ3) is 4.58. The van der Waals surface area contributed by atoms with Crippen molar-refractivity contribution < 1.29 is 9.18 Å². The van der Waals surface area contributed by atoms with E-state index in [0.717, 1.165) is 31.6 Å². The molecule has 1 atom stereocenters. The lowest BCUT2D eigenvalue weighted by molar-refractivity contribution is -0.122. The summed E-state index contributed by atoms with van der Waals surface area (Å²) in [6, 6.07) is 6.19. The molecule has 1 heterocycles. The van der Waals surface area contributed by atoms with Gasteiger partial charge in [0.25, 0.3) is 0 Å². The summed E-state index contributed by atoms with van der Waals surface area (Å²) in [5.74, 6) is 0.414. The van der Waals surface area contributed by atoms with Gasteiger partial charge in [0.2, 0.25) is 5.91 Å². The summed E-state index contributed by atoms with van der Waals surface area (Å²) in [4.78, 5) is 14.0. The van der Waals surface area contributed by atoms with E-state index in [4.69, 9.17) is 0 Å². The van der Waals surface area contributed by atoms with Crippen molar-refractivity contribution in [3.05, 3.63) is 35.6 Å². The Balaban J connectivity index is 1.69. The topological polar surface area (TPSA) is 44.4 Å². The molecule has 1 fully saturated rings. The second-order valence-corrected chi connectivity index (χ2v) is 5.35. The first-order chi connectivity index (χ1) is 9.67. The van der Waals surface area contributed by atoms with E-state index in [1.54, 1.807) is 12.1 Å². The molecule has 1 unspecified atom stereocenters. The van der Waals surface area contributed by atoms with E-state index < -0.39 is 0 Å². The Hall–Kier alpha value is -1.46. The number of nitrogens with one attached hydrogen (secondary N) is 2. The van der Waals surface area contributed by atoms with Crippen LogP contribution in [0.4, 0.5) is 4.39 Å². The first-order valence-electron chi connectivity index (χ1n) is 7.05. The van der Waals surface area contributed by atoms with Crippen molar-refractivity contribution in [1.82, 2.24) is 15.5 Å². The van der Waals surface area contributed by atoms with Crippen molar-refractivity contribution in [2.45, 2.75) is 13.0 Å². The van der Waals surface area contributed by atoms with Gasteiger partial charge >= 0.3 is 0 Å². The number of nitrogens with zero attached hydrogens (tertiary/aromatic N) is 1. The summed E-state index contributed by atoms with van der Waals surface area (Å²) >= 11 is 0. The zero-order valence-corrected chi connectivity index (χ0v) is 11.9. The normalized spacial score (nSPS) is 19.2. The molecule has 5 heteroatoms. The fourth-order valence-corrected chi connectivity index (χ4v) is 2.57. The number of benzene rings is 1. The fourth-order valence-electron chi connectivity index (χ4n) is 2.57. The number of halogens is 1. The third-order valence-electron chi connectivity index (χ3n) is 3.63. The Morgan fingerprint density at radius 2 is 2.15 bits per heavy atom. The molecule has 20 heavy (non-hydrogen) atoms. The van der Waals surface area contributed by atoms with Crippen LogP contribution in [0.1, 0.15) is 12.0 Å². The predicted octanol–water partition coefficient (Wildman–Crippen LogP) is 0.983. The maximum Gasteiger partial charge on any atom is 0.234 e. The summed E-state index contributed by atoms with van der Waals surface area (Å²) in [5.41, 5.74) is 0.911. The van der Waals surface area contributed by atoms with Crippen LogP contribution in [-0.2, 0) is 11.3 Å². The van der Waals surface area contributed by atoms with E-state index >= 15 is 0 Å². The van der Waals surface area contributed by atoms with Gasteiger partial charge in [-0.05, 0) is 50.2 Å². The van der Waals surface area contributed by atoms with Gasteiger partial charge in [-0.1, -0.05) is 12.1 Å². The van der Waals surface area contributed by atoms with E-state index in [9.17, 15) is 9.18 Å². The predicted molar refractivity (Wildman–Crippen MR) is 76.7 cm³/mol. The number of rotatable bonds is 6. The third-order valence-corrected chi connectivity index (χ3v) is 3.63. The van der Waals surface area contributed by atoms with Crippen molar-refractivity contribution in [2.24, 2.45) is 5.92 Å². The van der Waals surface area contributed by atoms with E-state index in [1.165, 1.54) is 12.1 Å². The molecule has 1 amide bonds. The van der Waals surface area contributed by atoms with E-state index in [2.05, 4.69) is 15.5 Å². The van der Waals surface area contributed by atoms with Crippen molar-refractivity contribution >= 4 is 5.91 Å². The van der Waals surface area contributed by atoms with E-state index in [0.29, 0.717) is 19.0 Å². The molecule has 0 spiro atoms. The molecule has 1 aromatic carbocycles. The number of hydrogen-bond acceptors (Lipinski definition) is 3. The molecular formula is C15H22FN3O. The summed E-state index contributed by atoms with van der Waals surface area (Å²) in [6.07, 6.45) is 1.14. The monoisotopic (exact) mass is 279 g/mol. The molecule has 1 aliphatic heterocycles. The standard InChI is InChI=1S/C15H22FN3O/c1-17-8-13-6-7-19(10-13)11-15(20)18-9-12-2-4-14(16)5-3-12/h2-5,13,17H,6-11H2,1H3,(H,18,20). The van der Waals surface area contributed by atoms with Crippen LogP contribution in [0.15, 0.2) is 24.3 Å². The lowest BCUT2D eigenvalue weighted by atomic mass is 10.1. The molecule has 4 nitrogen and oxygen atoms in total. The molecule has 1 saturated heterocycles. The summed E-state index contributed by atoms with van der Waals surface area (Å²) in [5, 5.41) is 6.05. The minimum atomic E-state index is -0.257. The largest absolute Gasteiger partial charge is 0.351 e. The number of hydrogen-bond donors (Lipinski definition) is 2. The molecule has 1 aromatic rings. The Kier molecular flexibility index (Phi) is 5.49. The van der Waals surface area contributed by atoms with Crippen LogP contribution >= 0.6 is 0 Å². The molecule has 1 aliphatic rings. The minimum absolute atomic E-state index is 0.0273. The Morgan fingerprint density at radius 1 is 1.40 bits per heavy atom.